The van der Waals surface area contributed by atoms with E-state index in [4.69, 9.17) is 39.5 Å². The molecule has 3 nitrogen and oxygen atoms in total. The maximum atomic E-state index is 14.7. The summed E-state index contributed by atoms with van der Waals surface area (Å²) in [5.41, 5.74) is 1.15. The van der Waals surface area contributed by atoms with E-state index in [1.807, 2.05) is 20.8 Å². The van der Waals surface area contributed by atoms with E-state index in [1.54, 1.807) is 42.5 Å². The van der Waals surface area contributed by atoms with Crippen LogP contribution in [0, 0.1) is 5.82 Å². The number of rotatable bonds is 5. The van der Waals surface area contributed by atoms with Crippen LogP contribution >= 0.6 is 34.8 Å². The van der Waals surface area contributed by atoms with Gasteiger partial charge in [0.25, 0.3) is 5.91 Å². The fourth-order valence-corrected chi connectivity index (χ4v) is 3.57. The van der Waals surface area contributed by atoms with Crippen molar-refractivity contribution in [3.63, 3.8) is 0 Å². The third kappa shape index (κ3) is 6.13. The highest BCUT2D eigenvalue weighted by atomic mass is 35.5. The Hall–Kier alpha value is -2.27. The number of hydrogen-bond acceptors (Lipinski definition) is 2. The zero-order chi connectivity index (χ0) is 22.8. The van der Waals surface area contributed by atoms with Crippen molar-refractivity contribution in [2.75, 3.05) is 0 Å². The third-order valence-corrected chi connectivity index (χ3v) is 5.16. The van der Waals surface area contributed by atoms with Gasteiger partial charge in [-0.3, -0.25) is 4.79 Å². The Morgan fingerprint density at radius 1 is 0.935 bits per heavy atom. The van der Waals surface area contributed by atoms with Gasteiger partial charge >= 0.3 is 0 Å². The van der Waals surface area contributed by atoms with Gasteiger partial charge in [0.05, 0.1) is 0 Å². The summed E-state index contributed by atoms with van der Waals surface area (Å²) in [6.45, 7) is 5.60. The molecular weight excluding hydrogens is 460 g/mol. The fourth-order valence-electron chi connectivity index (χ4n) is 2.94. The van der Waals surface area contributed by atoms with Crippen molar-refractivity contribution in [3.05, 3.63) is 98.2 Å². The van der Waals surface area contributed by atoms with Crippen molar-refractivity contribution in [1.29, 1.82) is 0 Å². The molecule has 162 valence electrons. The molecular formula is C24H21Cl3FNO2. The lowest BCUT2D eigenvalue weighted by molar-refractivity contribution is 0.0918. The van der Waals surface area contributed by atoms with Crippen molar-refractivity contribution < 1.29 is 13.9 Å². The molecule has 3 aromatic carbocycles. The van der Waals surface area contributed by atoms with Crippen LogP contribution in [0.15, 0.2) is 60.7 Å². The van der Waals surface area contributed by atoms with Crippen LogP contribution in [-0.4, -0.2) is 11.4 Å². The molecule has 0 spiro atoms. The summed E-state index contributed by atoms with van der Waals surface area (Å²) in [7, 11) is 0. The Morgan fingerprint density at radius 3 is 2.19 bits per heavy atom. The summed E-state index contributed by atoms with van der Waals surface area (Å²) >= 11 is 18.5. The van der Waals surface area contributed by atoms with Gasteiger partial charge in [-0.15, -0.1) is 0 Å². The quantitative estimate of drug-likeness (QED) is 0.411. The van der Waals surface area contributed by atoms with E-state index in [2.05, 4.69) is 5.32 Å². The van der Waals surface area contributed by atoms with Crippen LogP contribution in [0.2, 0.25) is 15.1 Å². The highest BCUT2D eigenvalue weighted by Crippen LogP contribution is 2.35. The van der Waals surface area contributed by atoms with E-state index >= 15 is 0 Å². The lowest BCUT2D eigenvalue weighted by Crippen LogP contribution is -2.40. The normalized spacial score (nSPS) is 12.4. The van der Waals surface area contributed by atoms with Crippen molar-refractivity contribution >= 4 is 40.7 Å². The number of amides is 1. The first-order chi connectivity index (χ1) is 14.5. The molecule has 3 rings (SSSR count). The summed E-state index contributed by atoms with van der Waals surface area (Å²) in [4.78, 5) is 12.5. The Labute approximate surface area is 196 Å². The van der Waals surface area contributed by atoms with Crippen LogP contribution in [0.1, 0.15) is 48.4 Å². The van der Waals surface area contributed by atoms with Crippen molar-refractivity contribution in [1.82, 2.24) is 5.32 Å². The second-order valence-corrected chi connectivity index (χ2v) is 9.34. The van der Waals surface area contributed by atoms with Gasteiger partial charge in [0.15, 0.2) is 17.7 Å². The monoisotopic (exact) mass is 479 g/mol. The largest absolute Gasteiger partial charge is 0.478 e. The molecule has 7 heteroatoms. The molecule has 0 bridgehead atoms. The van der Waals surface area contributed by atoms with Gasteiger partial charge in [-0.1, -0.05) is 53.0 Å². The maximum absolute atomic E-state index is 14.7. The smallest absolute Gasteiger partial charge is 0.251 e. The Kier molecular flexibility index (Phi) is 7.15. The molecule has 0 aliphatic rings. The van der Waals surface area contributed by atoms with Gasteiger partial charge in [-0.05, 0) is 68.8 Å². The van der Waals surface area contributed by atoms with E-state index in [-0.39, 0.29) is 17.2 Å². The van der Waals surface area contributed by atoms with Gasteiger partial charge in [0.1, 0.15) is 0 Å². The topological polar surface area (TPSA) is 38.3 Å². The van der Waals surface area contributed by atoms with Gasteiger partial charge in [-0.2, -0.15) is 0 Å². The van der Waals surface area contributed by atoms with Crippen LogP contribution in [0.5, 0.6) is 5.75 Å². The zero-order valence-electron chi connectivity index (χ0n) is 17.2. The van der Waals surface area contributed by atoms with Crippen LogP contribution in [0.4, 0.5) is 4.39 Å². The summed E-state index contributed by atoms with van der Waals surface area (Å²) in [6, 6.07) is 15.9. The predicted octanol–water partition coefficient (Wildman–Crippen LogP) is 7.48. The fraction of sp³-hybridized carbons (Fsp3) is 0.208. The lowest BCUT2D eigenvalue weighted by atomic mass is 10.0. The van der Waals surface area contributed by atoms with E-state index in [0.29, 0.717) is 26.2 Å². The minimum Gasteiger partial charge on any atom is -0.478 e. The number of carbonyl (C=O) groups excluding carboxylic acids is 1. The summed E-state index contributed by atoms with van der Waals surface area (Å²) in [6.07, 6.45) is -0.752. The second-order valence-electron chi connectivity index (χ2n) is 8.06. The number of benzene rings is 3. The third-order valence-electron chi connectivity index (χ3n) is 4.34. The van der Waals surface area contributed by atoms with Crippen LogP contribution in [0.25, 0.3) is 0 Å². The van der Waals surface area contributed by atoms with Crippen molar-refractivity contribution in [3.8, 4) is 5.75 Å². The maximum Gasteiger partial charge on any atom is 0.251 e. The van der Waals surface area contributed by atoms with Crippen LogP contribution in [0.3, 0.4) is 0 Å². The van der Waals surface area contributed by atoms with E-state index in [1.165, 1.54) is 18.2 Å². The molecule has 0 aliphatic heterocycles. The first-order valence-electron chi connectivity index (χ1n) is 9.52. The first-order valence-corrected chi connectivity index (χ1v) is 10.7. The highest BCUT2D eigenvalue weighted by Gasteiger charge is 2.23. The molecule has 0 fully saturated rings. The van der Waals surface area contributed by atoms with Crippen LogP contribution < -0.4 is 10.1 Å². The number of ether oxygens (including phenoxy) is 1. The van der Waals surface area contributed by atoms with Gasteiger partial charge in [0, 0.05) is 31.7 Å². The summed E-state index contributed by atoms with van der Waals surface area (Å²) in [5, 5.41) is 4.24. The molecule has 3 aromatic rings. The Morgan fingerprint density at radius 2 is 1.58 bits per heavy atom. The number of carbonyl (C=O) groups is 1. The number of halogens is 4. The summed E-state index contributed by atoms with van der Waals surface area (Å²) in [5.74, 6) is -1.01. The molecule has 1 amide bonds. The SMILES string of the molecule is CC(C)(C)NC(=O)c1ccc(F)c(OC(c2ccc(Cl)cc2)c2ccc(Cl)cc2Cl)c1. The average molecular weight is 481 g/mol. The molecule has 1 atom stereocenters. The Balaban J connectivity index is 2.02. The van der Waals surface area contributed by atoms with Gasteiger partial charge < -0.3 is 10.1 Å². The highest BCUT2D eigenvalue weighted by molar-refractivity contribution is 6.35. The molecule has 31 heavy (non-hydrogen) atoms. The molecule has 1 N–H and O–H groups in total. The van der Waals surface area contributed by atoms with Crippen molar-refractivity contribution in [2.24, 2.45) is 0 Å². The first kappa shape index (κ1) is 23.4. The average Bonchev–Trinajstić information content (AvgIpc) is 2.67. The van der Waals surface area contributed by atoms with Crippen LogP contribution in [-0.2, 0) is 0 Å². The zero-order valence-corrected chi connectivity index (χ0v) is 19.4. The summed E-state index contributed by atoms with van der Waals surface area (Å²) < 4.78 is 20.7. The minimum absolute atomic E-state index is 0.0764. The lowest BCUT2D eigenvalue weighted by Gasteiger charge is -2.23. The molecule has 0 heterocycles. The molecule has 0 radical (unpaired) electrons. The molecule has 1 unspecified atom stereocenters. The number of nitrogens with one attached hydrogen (secondary N) is 1. The Bertz CT molecular complexity index is 1090. The van der Waals surface area contributed by atoms with Gasteiger partial charge in [-0.25, -0.2) is 4.39 Å². The molecule has 0 saturated carbocycles. The van der Waals surface area contributed by atoms with Crippen molar-refractivity contribution in [2.45, 2.75) is 32.4 Å². The molecule has 0 aromatic heterocycles. The standard InChI is InChI=1S/C24H21Cl3FNO2/c1-24(2,3)29-23(30)15-6-11-20(28)21(12-15)31-22(14-4-7-16(25)8-5-14)18-10-9-17(26)13-19(18)27/h4-13,22H,1-3H3,(H,29,30). The molecule has 0 aliphatic carbocycles. The molecule has 0 saturated heterocycles. The number of hydrogen-bond donors (Lipinski definition) is 1. The van der Waals surface area contributed by atoms with E-state index in [0.717, 1.165) is 0 Å². The second kappa shape index (κ2) is 9.47. The predicted molar refractivity (Wildman–Crippen MR) is 124 cm³/mol. The minimum atomic E-state index is -0.752. The van der Waals surface area contributed by atoms with E-state index in [9.17, 15) is 9.18 Å². The van der Waals surface area contributed by atoms with E-state index < -0.39 is 17.5 Å². The van der Waals surface area contributed by atoms with Gasteiger partial charge in [0.2, 0.25) is 0 Å².